The van der Waals surface area contributed by atoms with Gasteiger partial charge in [-0.2, -0.15) is 0 Å². The van der Waals surface area contributed by atoms with Crippen LogP contribution in [0.25, 0.3) is 0 Å². The first-order valence-electron chi connectivity index (χ1n) is 2.97. The highest BCUT2D eigenvalue weighted by Gasteiger charge is 2.50. The Balaban J connectivity index is 2.20. The maximum Gasteiger partial charge on any atom is 0.111 e. The summed E-state index contributed by atoms with van der Waals surface area (Å²) in [5.41, 5.74) is -0.662. The van der Waals surface area contributed by atoms with Gasteiger partial charge in [0.1, 0.15) is 5.67 Å². The monoisotopic (exact) mass is 100 g/mol. The van der Waals surface area contributed by atoms with Crippen LogP contribution in [0.5, 0.6) is 0 Å². The Hall–Kier alpha value is -0.0700. The van der Waals surface area contributed by atoms with Crippen molar-refractivity contribution in [3.63, 3.8) is 0 Å². The van der Waals surface area contributed by atoms with Gasteiger partial charge in [0.2, 0.25) is 0 Å². The molecule has 40 valence electrons. The average Bonchev–Trinajstić information content (AvgIpc) is 1.88. The summed E-state index contributed by atoms with van der Waals surface area (Å²) >= 11 is 0. The van der Waals surface area contributed by atoms with E-state index in [-0.39, 0.29) is 0 Å². The fourth-order valence-electron chi connectivity index (χ4n) is 1.85. The standard InChI is InChI=1S/C6H9F/c7-6-2-1-5(3-6)4-6/h5H,1-4H2. The number of rotatable bonds is 0. The van der Waals surface area contributed by atoms with Gasteiger partial charge in [-0.3, -0.25) is 0 Å². The van der Waals surface area contributed by atoms with Crippen molar-refractivity contribution in [2.75, 3.05) is 0 Å². The highest BCUT2D eigenvalue weighted by atomic mass is 19.1. The smallest absolute Gasteiger partial charge is 0.111 e. The normalized spacial score (nSPS) is 57.0. The van der Waals surface area contributed by atoms with Gasteiger partial charge in [-0.25, -0.2) is 4.39 Å². The molecule has 0 atom stereocenters. The summed E-state index contributed by atoms with van der Waals surface area (Å²) < 4.78 is 12.7. The molecule has 0 amide bonds. The van der Waals surface area contributed by atoms with Crippen molar-refractivity contribution in [3.8, 4) is 0 Å². The first kappa shape index (κ1) is 3.88. The lowest BCUT2D eigenvalue weighted by molar-refractivity contribution is 0.0761. The third-order valence-electron chi connectivity index (χ3n) is 2.31. The van der Waals surface area contributed by atoms with E-state index in [4.69, 9.17) is 0 Å². The minimum atomic E-state index is -0.662. The summed E-state index contributed by atoms with van der Waals surface area (Å²) in [4.78, 5) is 0. The molecule has 3 aliphatic rings. The van der Waals surface area contributed by atoms with Crippen molar-refractivity contribution in [1.29, 1.82) is 0 Å². The summed E-state index contributed by atoms with van der Waals surface area (Å²) in [6.07, 6.45) is 3.79. The van der Waals surface area contributed by atoms with Crippen LogP contribution in [-0.4, -0.2) is 5.67 Å². The molecule has 3 aliphatic carbocycles. The highest BCUT2D eigenvalue weighted by molar-refractivity contribution is 5.01. The molecule has 2 bridgehead atoms. The largest absolute Gasteiger partial charge is 0.244 e. The second-order valence-electron chi connectivity index (χ2n) is 2.96. The molecule has 0 spiro atoms. The molecule has 0 aliphatic heterocycles. The van der Waals surface area contributed by atoms with E-state index < -0.39 is 5.67 Å². The molecule has 0 radical (unpaired) electrons. The predicted molar refractivity (Wildman–Crippen MR) is 25.8 cm³/mol. The zero-order valence-electron chi connectivity index (χ0n) is 4.28. The topological polar surface area (TPSA) is 0 Å². The number of hydrogen-bond donors (Lipinski definition) is 0. The summed E-state index contributed by atoms with van der Waals surface area (Å²) in [6.45, 7) is 0. The fourth-order valence-corrected chi connectivity index (χ4v) is 1.85. The van der Waals surface area contributed by atoms with Crippen molar-refractivity contribution in [2.45, 2.75) is 31.4 Å². The SMILES string of the molecule is FC12CCC(C1)C2. The van der Waals surface area contributed by atoms with Crippen LogP contribution in [0.15, 0.2) is 0 Å². The second-order valence-corrected chi connectivity index (χ2v) is 2.96. The maximum atomic E-state index is 12.7. The molecule has 1 heteroatoms. The molecule has 0 aromatic rings. The molecular weight excluding hydrogens is 91.1 g/mol. The lowest BCUT2D eigenvalue weighted by Gasteiger charge is -2.29. The quantitative estimate of drug-likeness (QED) is 0.436. The van der Waals surface area contributed by atoms with Gasteiger partial charge in [-0.1, -0.05) is 0 Å². The Morgan fingerprint density at radius 1 is 1.43 bits per heavy atom. The summed E-state index contributed by atoms with van der Waals surface area (Å²) in [6, 6.07) is 0. The number of alkyl halides is 1. The van der Waals surface area contributed by atoms with E-state index in [1.165, 1.54) is 0 Å². The summed E-state index contributed by atoms with van der Waals surface area (Å²) in [5.74, 6) is 0.782. The van der Waals surface area contributed by atoms with E-state index in [1.54, 1.807) is 0 Å². The van der Waals surface area contributed by atoms with Crippen LogP contribution >= 0.6 is 0 Å². The van der Waals surface area contributed by atoms with E-state index in [9.17, 15) is 4.39 Å². The Labute approximate surface area is 42.7 Å². The average molecular weight is 100 g/mol. The first-order valence-corrected chi connectivity index (χ1v) is 2.97. The molecule has 0 heterocycles. The number of halogens is 1. The van der Waals surface area contributed by atoms with E-state index in [0.29, 0.717) is 0 Å². The third kappa shape index (κ3) is 0.361. The highest BCUT2D eigenvalue weighted by Crippen LogP contribution is 2.54. The van der Waals surface area contributed by atoms with Gasteiger partial charge in [0, 0.05) is 0 Å². The number of hydrogen-bond acceptors (Lipinski definition) is 0. The molecule has 3 fully saturated rings. The summed E-state index contributed by atoms with van der Waals surface area (Å²) in [7, 11) is 0. The molecule has 3 saturated carbocycles. The zero-order chi connectivity index (χ0) is 4.91. The van der Waals surface area contributed by atoms with Crippen molar-refractivity contribution in [3.05, 3.63) is 0 Å². The van der Waals surface area contributed by atoms with E-state index >= 15 is 0 Å². The first-order chi connectivity index (χ1) is 3.29. The molecule has 0 aromatic heterocycles. The van der Waals surface area contributed by atoms with Crippen LogP contribution in [0.1, 0.15) is 25.7 Å². The minimum absolute atomic E-state index is 0.662. The van der Waals surface area contributed by atoms with Crippen LogP contribution in [0.2, 0.25) is 0 Å². The van der Waals surface area contributed by atoms with Crippen LogP contribution in [0.4, 0.5) is 4.39 Å². The maximum absolute atomic E-state index is 12.7. The van der Waals surface area contributed by atoms with Crippen molar-refractivity contribution in [1.82, 2.24) is 0 Å². The predicted octanol–water partition coefficient (Wildman–Crippen LogP) is 1.90. The van der Waals surface area contributed by atoms with E-state index in [0.717, 1.165) is 31.6 Å². The van der Waals surface area contributed by atoms with Crippen LogP contribution in [0, 0.1) is 5.92 Å². The Kier molecular flexibility index (Phi) is 0.477. The summed E-state index contributed by atoms with van der Waals surface area (Å²) in [5, 5.41) is 0. The Bertz CT molecular complexity index is 86.8. The van der Waals surface area contributed by atoms with Crippen LogP contribution in [0.3, 0.4) is 0 Å². The lowest BCUT2D eigenvalue weighted by atomic mass is 9.82. The van der Waals surface area contributed by atoms with Crippen LogP contribution in [-0.2, 0) is 0 Å². The molecule has 0 N–H and O–H groups in total. The van der Waals surface area contributed by atoms with Crippen molar-refractivity contribution in [2.24, 2.45) is 5.92 Å². The van der Waals surface area contributed by atoms with Crippen molar-refractivity contribution >= 4 is 0 Å². The molecular formula is C6H9F. The Morgan fingerprint density at radius 3 is 2.29 bits per heavy atom. The van der Waals surface area contributed by atoms with Gasteiger partial charge in [0.15, 0.2) is 0 Å². The second kappa shape index (κ2) is 0.862. The number of fused-ring (bicyclic) bond motifs is 1. The molecule has 0 nitrogen and oxygen atoms in total. The van der Waals surface area contributed by atoms with Crippen molar-refractivity contribution < 1.29 is 4.39 Å². The van der Waals surface area contributed by atoms with Crippen LogP contribution < -0.4 is 0 Å². The van der Waals surface area contributed by atoms with Gasteiger partial charge in [0.25, 0.3) is 0 Å². The van der Waals surface area contributed by atoms with Gasteiger partial charge in [0.05, 0.1) is 0 Å². The van der Waals surface area contributed by atoms with Gasteiger partial charge < -0.3 is 0 Å². The molecule has 0 aromatic carbocycles. The Morgan fingerprint density at radius 2 is 2.14 bits per heavy atom. The molecule has 0 saturated heterocycles. The molecule has 3 rings (SSSR count). The third-order valence-corrected chi connectivity index (χ3v) is 2.31. The van der Waals surface area contributed by atoms with E-state index in [1.807, 2.05) is 0 Å². The minimum Gasteiger partial charge on any atom is -0.244 e. The molecule has 0 unspecified atom stereocenters. The fraction of sp³-hybridized carbons (Fsp3) is 1.00. The van der Waals surface area contributed by atoms with Gasteiger partial charge in [-0.15, -0.1) is 0 Å². The lowest BCUT2D eigenvalue weighted by Crippen LogP contribution is -2.29. The molecule has 7 heavy (non-hydrogen) atoms. The van der Waals surface area contributed by atoms with Gasteiger partial charge >= 0.3 is 0 Å². The van der Waals surface area contributed by atoms with Gasteiger partial charge in [-0.05, 0) is 31.6 Å². The zero-order valence-corrected chi connectivity index (χ0v) is 4.28. The van der Waals surface area contributed by atoms with E-state index in [2.05, 4.69) is 0 Å².